The lowest BCUT2D eigenvalue weighted by molar-refractivity contribution is 0.0486. The highest BCUT2D eigenvalue weighted by molar-refractivity contribution is 4.77. The van der Waals surface area contributed by atoms with Gasteiger partial charge in [-0.15, -0.1) is 0 Å². The van der Waals surface area contributed by atoms with E-state index in [0.29, 0.717) is 6.42 Å². The van der Waals surface area contributed by atoms with E-state index >= 15 is 0 Å². The topological polar surface area (TPSA) is 23.5 Å². The van der Waals surface area contributed by atoms with Gasteiger partial charge in [0, 0.05) is 6.04 Å². The van der Waals surface area contributed by atoms with Crippen LogP contribution in [0.4, 0.5) is 8.78 Å². The minimum Gasteiger partial charge on any atom is -0.393 e. The first-order chi connectivity index (χ1) is 7.09. The number of rotatable bonds is 4. The van der Waals surface area contributed by atoms with Gasteiger partial charge in [0.05, 0.1) is 12.6 Å². The number of alkyl halides is 2. The van der Waals surface area contributed by atoms with Crippen LogP contribution in [0.2, 0.25) is 0 Å². The number of likely N-dealkylation sites (tertiary alicyclic amines) is 1. The number of aliphatic hydroxyl groups is 1. The summed E-state index contributed by atoms with van der Waals surface area (Å²) in [4.78, 5) is 1.85. The number of nitrogens with zero attached hydrogens (tertiary/aromatic N) is 1. The Bertz CT molecular complexity index is 158. The van der Waals surface area contributed by atoms with Gasteiger partial charge in [-0.2, -0.15) is 0 Å². The highest BCUT2D eigenvalue weighted by Gasteiger charge is 2.24. The van der Waals surface area contributed by atoms with Gasteiger partial charge in [-0.1, -0.05) is 12.8 Å². The molecule has 90 valence electrons. The van der Waals surface area contributed by atoms with Crippen LogP contribution in [0.15, 0.2) is 0 Å². The Morgan fingerprint density at radius 2 is 2.07 bits per heavy atom. The fourth-order valence-corrected chi connectivity index (χ4v) is 2.32. The lowest BCUT2D eigenvalue weighted by atomic mass is 10.0. The largest absolute Gasteiger partial charge is 0.393 e. The Balaban J connectivity index is 2.50. The van der Waals surface area contributed by atoms with E-state index in [4.69, 9.17) is 0 Å². The summed E-state index contributed by atoms with van der Waals surface area (Å²) in [6, 6.07) is 0.140. The van der Waals surface area contributed by atoms with Crippen molar-refractivity contribution in [2.45, 2.75) is 57.6 Å². The molecule has 1 aliphatic heterocycles. The van der Waals surface area contributed by atoms with Crippen LogP contribution in [0.1, 0.15) is 39.0 Å². The molecule has 1 fully saturated rings. The molecule has 0 aromatic rings. The van der Waals surface area contributed by atoms with Crippen molar-refractivity contribution in [3.63, 3.8) is 0 Å². The van der Waals surface area contributed by atoms with Gasteiger partial charge >= 0.3 is 0 Å². The molecule has 0 saturated carbocycles. The van der Waals surface area contributed by atoms with E-state index in [9.17, 15) is 13.9 Å². The van der Waals surface area contributed by atoms with Crippen LogP contribution < -0.4 is 0 Å². The Morgan fingerprint density at radius 1 is 1.33 bits per heavy atom. The van der Waals surface area contributed by atoms with Crippen LogP contribution in [0, 0.1) is 0 Å². The zero-order chi connectivity index (χ0) is 11.3. The van der Waals surface area contributed by atoms with E-state index in [-0.39, 0.29) is 12.6 Å². The molecule has 2 atom stereocenters. The van der Waals surface area contributed by atoms with Crippen molar-refractivity contribution in [1.82, 2.24) is 4.90 Å². The van der Waals surface area contributed by atoms with Gasteiger partial charge < -0.3 is 5.11 Å². The second-order valence-corrected chi connectivity index (χ2v) is 4.47. The summed E-state index contributed by atoms with van der Waals surface area (Å²) in [5.74, 6) is 0. The van der Waals surface area contributed by atoms with Crippen LogP contribution in [0.3, 0.4) is 0 Å². The monoisotopic (exact) mass is 221 g/mol. The minimum absolute atomic E-state index is 0.140. The number of aliphatic hydroxyl groups excluding tert-OH is 1. The molecule has 0 bridgehead atoms. The SMILES string of the molecule is CC(O)CC1CCCCCN1CC(F)F. The molecule has 1 rings (SSSR count). The molecule has 0 aromatic heterocycles. The van der Waals surface area contributed by atoms with Crippen molar-refractivity contribution >= 4 is 0 Å². The van der Waals surface area contributed by atoms with Crippen molar-refractivity contribution in [1.29, 1.82) is 0 Å². The summed E-state index contributed by atoms with van der Waals surface area (Å²) >= 11 is 0. The third-order valence-corrected chi connectivity index (χ3v) is 2.98. The van der Waals surface area contributed by atoms with Crippen LogP contribution >= 0.6 is 0 Å². The lowest BCUT2D eigenvalue weighted by Gasteiger charge is -2.30. The molecular formula is C11H21F2NO. The zero-order valence-corrected chi connectivity index (χ0v) is 9.33. The third-order valence-electron chi connectivity index (χ3n) is 2.98. The zero-order valence-electron chi connectivity index (χ0n) is 9.33. The second kappa shape index (κ2) is 6.38. The van der Waals surface area contributed by atoms with Crippen molar-refractivity contribution in [2.75, 3.05) is 13.1 Å². The van der Waals surface area contributed by atoms with E-state index in [1.54, 1.807) is 6.92 Å². The second-order valence-electron chi connectivity index (χ2n) is 4.47. The van der Waals surface area contributed by atoms with Crippen LogP contribution in [-0.4, -0.2) is 41.7 Å². The summed E-state index contributed by atoms with van der Waals surface area (Å²) in [6.07, 6.45) is 2.12. The number of halogens is 2. The van der Waals surface area contributed by atoms with Crippen LogP contribution in [0.5, 0.6) is 0 Å². The highest BCUT2D eigenvalue weighted by Crippen LogP contribution is 2.21. The molecule has 0 spiro atoms. The van der Waals surface area contributed by atoms with Gasteiger partial charge in [-0.25, -0.2) is 8.78 Å². The van der Waals surface area contributed by atoms with Gasteiger partial charge in [0.15, 0.2) is 0 Å². The van der Waals surface area contributed by atoms with E-state index in [1.807, 2.05) is 4.90 Å². The first kappa shape index (κ1) is 12.8. The summed E-state index contributed by atoms with van der Waals surface area (Å²) in [5.41, 5.74) is 0. The van der Waals surface area contributed by atoms with Gasteiger partial charge in [0.2, 0.25) is 0 Å². The predicted molar refractivity (Wildman–Crippen MR) is 56.1 cm³/mol. The first-order valence-corrected chi connectivity index (χ1v) is 5.80. The maximum absolute atomic E-state index is 12.4. The Morgan fingerprint density at radius 3 is 2.67 bits per heavy atom. The van der Waals surface area contributed by atoms with E-state index in [0.717, 1.165) is 32.2 Å². The number of hydrogen-bond acceptors (Lipinski definition) is 2. The molecule has 1 heterocycles. The predicted octanol–water partition coefficient (Wildman–Crippen LogP) is 2.27. The Kier molecular flexibility index (Phi) is 5.47. The molecular weight excluding hydrogens is 200 g/mol. The Labute approximate surface area is 90.3 Å². The Hall–Kier alpha value is -0.220. The fraction of sp³-hybridized carbons (Fsp3) is 1.00. The summed E-state index contributed by atoms with van der Waals surface area (Å²) in [5, 5.41) is 9.33. The average molecular weight is 221 g/mol. The molecule has 15 heavy (non-hydrogen) atoms. The van der Waals surface area contributed by atoms with Crippen molar-refractivity contribution < 1.29 is 13.9 Å². The maximum atomic E-state index is 12.4. The van der Waals surface area contributed by atoms with Gasteiger partial charge in [-0.3, -0.25) is 4.90 Å². The van der Waals surface area contributed by atoms with E-state index < -0.39 is 12.5 Å². The molecule has 0 aromatic carbocycles. The smallest absolute Gasteiger partial charge is 0.251 e. The molecule has 0 radical (unpaired) electrons. The van der Waals surface area contributed by atoms with Crippen molar-refractivity contribution in [3.05, 3.63) is 0 Å². The quantitative estimate of drug-likeness (QED) is 0.787. The maximum Gasteiger partial charge on any atom is 0.251 e. The van der Waals surface area contributed by atoms with Gasteiger partial charge in [-0.05, 0) is 32.7 Å². The molecule has 1 aliphatic rings. The standard InChI is InChI=1S/C11H21F2NO/c1-9(15)7-10-5-3-2-4-6-14(10)8-11(12)13/h9-11,15H,2-8H2,1H3. The lowest BCUT2D eigenvalue weighted by Crippen LogP contribution is -2.39. The third kappa shape index (κ3) is 4.89. The van der Waals surface area contributed by atoms with E-state index in [1.165, 1.54) is 0 Å². The van der Waals surface area contributed by atoms with Gasteiger partial charge in [0.1, 0.15) is 0 Å². The molecule has 2 unspecified atom stereocenters. The minimum atomic E-state index is -2.26. The highest BCUT2D eigenvalue weighted by atomic mass is 19.3. The molecule has 2 nitrogen and oxygen atoms in total. The molecule has 1 N–H and O–H groups in total. The fourth-order valence-electron chi connectivity index (χ4n) is 2.32. The van der Waals surface area contributed by atoms with E-state index in [2.05, 4.69) is 0 Å². The van der Waals surface area contributed by atoms with Crippen molar-refractivity contribution in [3.8, 4) is 0 Å². The summed E-state index contributed by atoms with van der Waals surface area (Å²) in [6.45, 7) is 2.34. The van der Waals surface area contributed by atoms with Crippen LogP contribution in [0.25, 0.3) is 0 Å². The summed E-state index contributed by atoms with van der Waals surface area (Å²) < 4.78 is 24.7. The molecule has 1 saturated heterocycles. The first-order valence-electron chi connectivity index (χ1n) is 5.80. The van der Waals surface area contributed by atoms with Gasteiger partial charge in [0.25, 0.3) is 6.43 Å². The molecule has 0 aliphatic carbocycles. The summed E-state index contributed by atoms with van der Waals surface area (Å²) in [7, 11) is 0. The normalized spacial score (nSPS) is 26.6. The molecule has 0 amide bonds. The average Bonchev–Trinajstić information content (AvgIpc) is 2.30. The van der Waals surface area contributed by atoms with Crippen molar-refractivity contribution in [2.24, 2.45) is 0 Å². The van der Waals surface area contributed by atoms with Crippen LogP contribution in [-0.2, 0) is 0 Å². The molecule has 4 heteroatoms. The number of hydrogen-bond donors (Lipinski definition) is 1.